The van der Waals surface area contributed by atoms with E-state index in [-0.39, 0.29) is 11.5 Å². The van der Waals surface area contributed by atoms with Crippen LogP contribution < -0.4 is 10.3 Å². The van der Waals surface area contributed by atoms with Crippen LogP contribution in [0.4, 0.5) is 0 Å². The third-order valence-electron chi connectivity index (χ3n) is 6.16. The number of H-pyrrole nitrogens is 1. The molecular weight excluding hydrogens is 354 g/mol. The minimum atomic E-state index is -0.0542. The molecule has 6 nitrogen and oxygen atoms in total. The van der Waals surface area contributed by atoms with E-state index >= 15 is 0 Å². The molecule has 1 aromatic carbocycles. The SMILES string of the molecule is COc1ccc2cc(CN3CCN(C(=O)C4CCCCC4)CC3)c(=O)[nH]c2c1. The summed E-state index contributed by atoms with van der Waals surface area (Å²) in [6.45, 7) is 3.77. The second-order valence-electron chi connectivity index (χ2n) is 8.01. The predicted octanol–water partition coefficient (Wildman–Crippen LogP) is 2.76. The maximum absolute atomic E-state index is 12.7. The number of aromatic nitrogens is 1. The molecule has 0 atom stereocenters. The number of nitrogens with one attached hydrogen (secondary N) is 1. The van der Waals surface area contributed by atoms with Gasteiger partial charge in [-0.2, -0.15) is 0 Å². The summed E-state index contributed by atoms with van der Waals surface area (Å²) in [6.07, 6.45) is 5.75. The number of amides is 1. The number of rotatable bonds is 4. The molecule has 1 N–H and O–H groups in total. The first-order chi connectivity index (χ1) is 13.6. The number of nitrogens with zero attached hydrogens (tertiary/aromatic N) is 2. The average Bonchev–Trinajstić information content (AvgIpc) is 2.74. The minimum Gasteiger partial charge on any atom is -0.497 e. The molecule has 0 unspecified atom stereocenters. The van der Waals surface area contributed by atoms with E-state index in [2.05, 4.69) is 9.88 Å². The van der Waals surface area contributed by atoms with E-state index < -0.39 is 0 Å². The summed E-state index contributed by atoms with van der Waals surface area (Å²) < 4.78 is 5.22. The van der Waals surface area contributed by atoms with Crippen LogP contribution in [0.2, 0.25) is 0 Å². The average molecular weight is 383 g/mol. The fourth-order valence-electron chi connectivity index (χ4n) is 4.44. The molecule has 0 bridgehead atoms. The zero-order chi connectivity index (χ0) is 19.5. The van der Waals surface area contributed by atoms with Gasteiger partial charge >= 0.3 is 0 Å². The fourth-order valence-corrected chi connectivity index (χ4v) is 4.44. The van der Waals surface area contributed by atoms with Gasteiger partial charge < -0.3 is 14.6 Å². The van der Waals surface area contributed by atoms with E-state index in [1.807, 2.05) is 29.2 Å². The molecule has 2 aromatic rings. The molecule has 1 aromatic heterocycles. The van der Waals surface area contributed by atoms with Crippen molar-refractivity contribution in [1.29, 1.82) is 0 Å². The van der Waals surface area contributed by atoms with Crippen molar-refractivity contribution in [3.05, 3.63) is 40.2 Å². The number of aromatic amines is 1. The van der Waals surface area contributed by atoms with Gasteiger partial charge in [0, 0.05) is 50.3 Å². The molecule has 28 heavy (non-hydrogen) atoms. The van der Waals surface area contributed by atoms with Gasteiger partial charge in [-0.3, -0.25) is 14.5 Å². The van der Waals surface area contributed by atoms with Gasteiger partial charge in [-0.1, -0.05) is 19.3 Å². The van der Waals surface area contributed by atoms with Gasteiger partial charge in [0.25, 0.3) is 5.56 Å². The van der Waals surface area contributed by atoms with Crippen LogP contribution in [-0.4, -0.2) is 54.0 Å². The summed E-state index contributed by atoms with van der Waals surface area (Å²) >= 11 is 0. The predicted molar refractivity (Wildman–Crippen MR) is 110 cm³/mol. The van der Waals surface area contributed by atoms with Gasteiger partial charge in [0.2, 0.25) is 5.91 Å². The quantitative estimate of drug-likeness (QED) is 0.882. The molecule has 1 aliphatic heterocycles. The summed E-state index contributed by atoms with van der Waals surface area (Å²) in [6, 6.07) is 7.68. The molecule has 4 rings (SSSR count). The summed E-state index contributed by atoms with van der Waals surface area (Å²) in [7, 11) is 1.62. The van der Waals surface area contributed by atoms with Crippen LogP contribution in [0.15, 0.2) is 29.1 Å². The van der Waals surface area contributed by atoms with E-state index in [1.54, 1.807) is 7.11 Å². The Morgan fingerprint density at radius 1 is 1.11 bits per heavy atom. The van der Waals surface area contributed by atoms with Gasteiger partial charge in [-0.25, -0.2) is 0 Å². The number of hydrogen-bond donors (Lipinski definition) is 1. The Labute approximate surface area is 165 Å². The van der Waals surface area contributed by atoms with Crippen LogP contribution in [0.25, 0.3) is 10.9 Å². The van der Waals surface area contributed by atoms with E-state index in [1.165, 1.54) is 19.3 Å². The lowest BCUT2D eigenvalue weighted by Gasteiger charge is -2.37. The Morgan fingerprint density at radius 3 is 2.57 bits per heavy atom. The van der Waals surface area contributed by atoms with Crippen molar-refractivity contribution in [3.63, 3.8) is 0 Å². The van der Waals surface area contributed by atoms with Crippen LogP contribution in [0, 0.1) is 5.92 Å². The fraction of sp³-hybridized carbons (Fsp3) is 0.545. The molecule has 2 heterocycles. The topological polar surface area (TPSA) is 65.6 Å². The van der Waals surface area contributed by atoms with Crippen molar-refractivity contribution in [2.75, 3.05) is 33.3 Å². The Hall–Kier alpha value is -2.34. The molecule has 150 valence electrons. The van der Waals surface area contributed by atoms with Crippen LogP contribution >= 0.6 is 0 Å². The number of fused-ring (bicyclic) bond motifs is 1. The van der Waals surface area contributed by atoms with E-state index in [9.17, 15) is 9.59 Å². The van der Waals surface area contributed by atoms with Crippen molar-refractivity contribution in [1.82, 2.24) is 14.8 Å². The highest BCUT2D eigenvalue weighted by atomic mass is 16.5. The molecule has 0 radical (unpaired) electrons. The number of carbonyl (C=O) groups is 1. The maximum Gasteiger partial charge on any atom is 0.252 e. The smallest absolute Gasteiger partial charge is 0.252 e. The van der Waals surface area contributed by atoms with Crippen LogP contribution in [0.1, 0.15) is 37.7 Å². The Morgan fingerprint density at radius 2 is 1.86 bits per heavy atom. The number of pyridine rings is 1. The zero-order valence-electron chi connectivity index (χ0n) is 16.6. The number of carbonyl (C=O) groups excluding carboxylic acids is 1. The van der Waals surface area contributed by atoms with E-state index in [0.717, 1.165) is 61.2 Å². The number of ether oxygens (including phenoxy) is 1. The Balaban J connectivity index is 1.38. The van der Waals surface area contributed by atoms with Gasteiger partial charge in [0.15, 0.2) is 0 Å². The standard InChI is InChI=1S/C22H29N3O3/c1-28-19-8-7-17-13-18(21(26)23-20(17)14-19)15-24-9-11-25(12-10-24)22(27)16-5-3-2-4-6-16/h7-8,13-14,16H,2-6,9-12,15H2,1H3,(H,23,26). The molecule has 6 heteroatoms. The van der Waals surface area contributed by atoms with Crippen molar-refractivity contribution < 1.29 is 9.53 Å². The third kappa shape index (κ3) is 4.07. The highest BCUT2D eigenvalue weighted by Gasteiger charge is 2.28. The Kier molecular flexibility index (Phi) is 5.67. The number of piperazine rings is 1. The normalized spacial score (nSPS) is 19.1. The minimum absolute atomic E-state index is 0.0542. The second kappa shape index (κ2) is 8.35. The summed E-state index contributed by atoms with van der Waals surface area (Å²) in [4.78, 5) is 32.5. The van der Waals surface area contributed by atoms with Gasteiger partial charge in [-0.05, 0) is 36.4 Å². The van der Waals surface area contributed by atoms with Crippen molar-refractivity contribution >= 4 is 16.8 Å². The van der Waals surface area contributed by atoms with Crippen LogP contribution in [-0.2, 0) is 11.3 Å². The summed E-state index contributed by atoms with van der Waals surface area (Å²) in [5.41, 5.74) is 1.50. The van der Waals surface area contributed by atoms with Crippen LogP contribution in [0.3, 0.4) is 0 Å². The van der Waals surface area contributed by atoms with Gasteiger partial charge in [0.1, 0.15) is 5.75 Å². The molecule has 1 saturated carbocycles. The molecular formula is C22H29N3O3. The molecule has 0 spiro atoms. The number of methoxy groups -OCH3 is 1. The summed E-state index contributed by atoms with van der Waals surface area (Å²) in [5, 5.41) is 1.00. The molecule has 1 amide bonds. The van der Waals surface area contributed by atoms with Gasteiger partial charge in [0.05, 0.1) is 12.6 Å². The van der Waals surface area contributed by atoms with Crippen molar-refractivity contribution in [2.24, 2.45) is 5.92 Å². The van der Waals surface area contributed by atoms with Crippen molar-refractivity contribution in [3.8, 4) is 5.75 Å². The van der Waals surface area contributed by atoms with Gasteiger partial charge in [-0.15, -0.1) is 0 Å². The van der Waals surface area contributed by atoms with E-state index in [0.29, 0.717) is 12.5 Å². The number of benzene rings is 1. The number of hydrogen-bond acceptors (Lipinski definition) is 4. The highest BCUT2D eigenvalue weighted by molar-refractivity contribution is 5.80. The van der Waals surface area contributed by atoms with E-state index in [4.69, 9.17) is 4.74 Å². The van der Waals surface area contributed by atoms with Crippen LogP contribution in [0.5, 0.6) is 5.75 Å². The first-order valence-electron chi connectivity index (χ1n) is 10.3. The lowest BCUT2D eigenvalue weighted by Crippen LogP contribution is -2.50. The van der Waals surface area contributed by atoms with Crippen molar-refractivity contribution in [2.45, 2.75) is 38.6 Å². The third-order valence-corrected chi connectivity index (χ3v) is 6.16. The molecule has 2 aliphatic rings. The molecule has 2 fully saturated rings. The lowest BCUT2D eigenvalue weighted by molar-refractivity contribution is -0.138. The largest absolute Gasteiger partial charge is 0.497 e. The Bertz CT molecular complexity index is 894. The molecule has 1 aliphatic carbocycles. The second-order valence-corrected chi connectivity index (χ2v) is 8.01. The zero-order valence-corrected chi connectivity index (χ0v) is 16.6. The highest BCUT2D eigenvalue weighted by Crippen LogP contribution is 2.26. The monoisotopic (exact) mass is 383 g/mol. The molecule has 1 saturated heterocycles. The first kappa shape index (κ1) is 19.0. The lowest BCUT2D eigenvalue weighted by atomic mass is 9.88. The summed E-state index contributed by atoms with van der Waals surface area (Å²) in [5.74, 6) is 1.31. The maximum atomic E-state index is 12.7. The first-order valence-corrected chi connectivity index (χ1v) is 10.3.